The predicted octanol–water partition coefficient (Wildman–Crippen LogP) is 5.88. The second-order valence-corrected chi connectivity index (χ2v) is 11.8. The highest BCUT2D eigenvalue weighted by molar-refractivity contribution is 7.90. The first-order chi connectivity index (χ1) is 17.6. The first kappa shape index (κ1) is 25.9. The maximum Gasteiger partial charge on any atom is 0.333 e. The normalized spacial score (nSPS) is 15.3. The summed E-state index contributed by atoms with van der Waals surface area (Å²) >= 11 is 6.54. The molecule has 1 aromatic heterocycles. The third-order valence-corrected chi connectivity index (χ3v) is 8.91. The number of carbonyl (C=O) groups is 1. The van der Waals surface area contributed by atoms with Gasteiger partial charge >= 0.3 is 6.55 Å². The lowest BCUT2D eigenvalue weighted by molar-refractivity contribution is -0.118. The summed E-state index contributed by atoms with van der Waals surface area (Å²) in [5.41, 5.74) is 6.13. The molecule has 196 valence electrons. The number of nitrogens with zero attached hydrogens (tertiary/aromatic N) is 2. The van der Waals surface area contributed by atoms with Gasteiger partial charge in [-0.2, -0.15) is 22.3 Å². The minimum atomic E-state index is -4.39. The molecule has 0 unspecified atom stereocenters. The Labute approximate surface area is 220 Å². The summed E-state index contributed by atoms with van der Waals surface area (Å²) in [6.07, 6.45) is 4.05. The van der Waals surface area contributed by atoms with Gasteiger partial charge in [-0.1, -0.05) is 42.8 Å². The largest absolute Gasteiger partial charge is 0.333 e. The van der Waals surface area contributed by atoms with E-state index in [1.54, 1.807) is 0 Å². The van der Waals surface area contributed by atoms with Gasteiger partial charge in [0.05, 0.1) is 6.42 Å². The van der Waals surface area contributed by atoms with Crippen LogP contribution in [0.15, 0.2) is 35.4 Å². The lowest BCUT2D eigenvalue weighted by atomic mass is 9.91. The number of aryl methyl sites for hydroxylation is 2. The van der Waals surface area contributed by atoms with Crippen LogP contribution >= 0.6 is 11.6 Å². The van der Waals surface area contributed by atoms with Crippen LogP contribution in [0.1, 0.15) is 72.2 Å². The Hall–Kier alpha value is -2.78. The molecule has 0 saturated heterocycles. The van der Waals surface area contributed by atoms with E-state index in [0.29, 0.717) is 36.3 Å². The number of halogens is 3. The van der Waals surface area contributed by atoms with Gasteiger partial charge in [0.15, 0.2) is 0 Å². The first-order valence-corrected chi connectivity index (χ1v) is 14.3. The van der Waals surface area contributed by atoms with Gasteiger partial charge in [0, 0.05) is 16.3 Å². The van der Waals surface area contributed by atoms with Crippen LogP contribution in [0, 0.1) is 6.92 Å². The second-order valence-electron chi connectivity index (χ2n) is 9.81. The van der Waals surface area contributed by atoms with Gasteiger partial charge in [-0.25, -0.2) is 9.40 Å². The van der Waals surface area contributed by atoms with Crippen LogP contribution in [0.4, 0.5) is 8.78 Å². The number of sulfonamides is 1. The van der Waals surface area contributed by atoms with Gasteiger partial charge in [-0.05, 0) is 90.8 Å². The Morgan fingerprint density at radius 3 is 2.59 bits per heavy atom. The minimum absolute atomic E-state index is 0.159. The van der Waals surface area contributed by atoms with E-state index in [4.69, 9.17) is 11.6 Å². The maximum absolute atomic E-state index is 13.3. The number of rotatable bonds is 8. The average Bonchev–Trinajstić information content (AvgIpc) is 3.43. The van der Waals surface area contributed by atoms with Crippen molar-refractivity contribution in [3.63, 3.8) is 0 Å². The zero-order valence-electron chi connectivity index (χ0n) is 20.7. The van der Waals surface area contributed by atoms with Crippen LogP contribution in [0.3, 0.4) is 0 Å². The monoisotopic (exact) mass is 547 g/mol. The summed E-state index contributed by atoms with van der Waals surface area (Å²) in [6.45, 7) is 0.914. The predicted molar refractivity (Wildman–Crippen MR) is 138 cm³/mol. The Morgan fingerprint density at radius 2 is 1.95 bits per heavy atom. The molecule has 1 N–H and O–H groups in total. The third-order valence-electron chi connectivity index (χ3n) is 7.24. The first-order valence-electron chi connectivity index (χ1n) is 12.4. The Morgan fingerprint density at radius 1 is 1.19 bits per heavy atom. The van der Waals surface area contributed by atoms with E-state index >= 15 is 0 Å². The van der Waals surface area contributed by atoms with E-state index in [9.17, 15) is 22.0 Å². The minimum Gasteiger partial charge on any atom is -0.274 e. The number of benzene rings is 2. The number of carbonyl (C=O) groups excluding carboxylic acids is 1. The molecule has 5 rings (SSSR count). The summed E-state index contributed by atoms with van der Waals surface area (Å²) in [4.78, 5) is 12.9. The van der Waals surface area contributed by atoms with Crippen LogP contribution in [0.2, 0.25) is 5.02 Å². The lowest BCUT2D eigenvalue weighted by Crippen LogP contribution is -2.33. The fraction of sp³-hybridized carbons (Fsp3) is 0.407. The van der Waals surface area contributed by atoms with E-state index < -0.39 is 27.5 Å². The van der Waals surface area contributed by atoms with Crippen LogP contribution in [-0.2, 0) is 40.5 Å². The van der Waals surface area contributed by atoms with Crippen molar-refractivity contribution in [2.24, 2.45) is 0 Å². The number of nitrogens with one attached hydrogen (secondary N) is 1. The van der Waals surface area contributed by atoms with Crippen molar-refractivity contribution in [3.05, 3.63) is 68.9 Å². The highest BCUT2D eigenvalue weighted by Gasteiger charge is 2.33. The fourth-order valence-electron chi connectivity index (χ4n) is 5.26. The third kappa shape index (κ3) is 5.03. The molecule has 10 heteroatoms. The van der Waals surface area contributed by atoms with Crippen LogP contribution in [-0.4, -0.2) is 24.1 Å². The zero-order chi connectivity index (χ0) is 26.5. The highest BCUT2D eigenvalue weighted by atomic mass is 35.5. The molecule has 1 fully saturated rings. The van der Waals surface area contributed by atoms with E-state index in [-0.39, 0.29) is 17.7 Å². The number of hydrogen-bond donors (Lipinski definition) is 1. The van der Waals surface area contributed by atoms with Crippen molar-refractivity contribution in [2.45, 2.75) is 76.3 Å². The van der Waals surface area contributed by atoms with Gasteiger partial charge in [-0.3, -0.25) is 4.79 Å². The van der Waals surface area contributed by atoms with Crippen LogP contribution in [0.25, 0.3) is 11.1 Å². The molecule has 0 atom stereocenters. The maximum atomic E-state index is 13.3. The molecule has 1 amide bonds. The van der Waals surface area contributed by atoms with E-state index in [1.165, 1.54) is 18.4 Å². The molecule has 2 aliphatic rings. The van der Waals surface area contributed by atoms with Gasteiger partial charge in [0.2, 0.25) is 10.9 Å². The van der Waals surface area contributed by atoms with Crippen molar-refractivity contribution in [1.82, 2.24) is 14.5 Å². The lowest BCUT2D eigenvalue weighted by Gasteiger charge is -2.15. The summed E-state index contributed by atoms with van der Waals surface area (Å²) < 4.78 is 55.1. The highest BCUT2D eigenvalue weighted by Crippen LogP contribution is 2.44. The quantitative estimate of drug-likeness (QED) is 0.382. The topological polar surface area (TPSA) is 81.1 Å². The van der Waals surface area contributed by atoms with Gasteiger partial charge in [0.25, 0.3) is 10.0 Å². The zero-order valence-corrected chi connectivity index (χ0v) is 22.2. The molecular weight excluding hydrogens is 520 g/mol. The molecule has 2 aliphatic carbocycles. The van der Waals surface area contributed by atoms with Crippen molar-refractivity contribution in [1.29, 1.82) is 0 Å². The Balaban J connectivity index is 1.38. The smallest absolute Gasteiger partial charge is 0.274 e. The molecule has 0 radical (unpaired) electrons. The number of alkyl halides is 2. The fourth-order valence-corrected chi connectivity index (χ4v) is 6.80. The van der Waals surface area contributed by atoms with Crippen molar-refractivity contribution in [2.75, 3.05) is 0 Å². The molecule has 37 heavy (non-hydrogen) atoms. The van der Waals surface area contributed by atoms with Crippen LogP contribution in [0.5, 0.6) is 0 Å². The molecule has 1 heterocycles. The Kier molecular flexibility index (Phi) is 6.87. The molecule has 0 aliphatic heterocycles. The number of aromatic nitrogens is 2. The molecule has 2 aromatic carbocycles. The van der Waals surface area contributed by atoms with Crippen molar-refractivity contribution < 1.29 is 22.0 Å². The number of hydrogen-bond acceptors (Lipinski definition) is 4. The Bertz CT molecular complexity index is 1500. The van der Waals surface area contributed by atoms with E-state index in [0.717, 1.165) is 32.8 Å². The molecule has 6 nitrogen and oxygen atoms in total. The summed E-state index contributed by atoms with van der Waals surface area (Å²) in [5.74, 6) is -0.183. The average molecular weight is 548 g/mol. The molecule has 1 saturated carbocycles. The SMILES string of the molecule is CCc1cc(-c2ccc(C3CC3)c(Cl)c2)cc(C)c1CC(=O)NS(=O)(=O)c1nn(C(F)F)c2c1CCC2. The summed E-state index contributed by atoms with van der Waals surface area (Å²) in [6, 6.07) is 10.1. The number of amides is 1. The van der Waals surface area contributed by atoms with Gasteiger partial charge in [0.1, 0.15) is 0 Å². The summed E-state index contributed by atoms with van der Waals surface area (Å²) in [7, 11) is -4.39. The standard InChI is InChI=1S/C27H28ClF2N3O3S/c1-3-16-12-19(18-9-10-20(17-7-8-17)23(28)13-18)11-15(2)22(16)14-25(34)32-37(35,36)26-21-5-4-6-24(21)33(31-26)27(29)30/h9-13,17,27H,3-8,14H2,1-2H3,(H,32,34). The summed E-state index contributed by atoms with van der Waals surface area (Å²) in [5, 5.41) is 3.91. The van der Waals surface area contributed by atoms with Gasteiger partial charge in [-0.15, -0.1) is 0 Å². The molecule has 3 aromatic rings. The van der Waals surface area contributed by atoms with Gasteiger partial charge < -0.3 is 0 Å². The molecule has 0 bridgehead atoms. The van der Waals surface area contributed by atoms with E-state index in [2.05, 4.69) is 22.0 Å². The van der Waals surface area contributed by atoms with Crippen molar-refractivity contribution >= 4 is 27.5 Å². The number of fused-ring (bicyclic) bond motifs is 1. The van der Waals surface area contributed by atoms with Crippen LogP contribution < -0.4 is 4.72 Å². The molecule has 0 spiro atoms. The van der Waals surface area contributed by atoms with E-state index in [1.807, 2.05) is 32.0 Å². The molecular formula is C27H28ClF2N3O3S. The van der Waals surface area contributed by atoms with Crippen molar-refractivity contribution in [3.8, 4) is 11.1 Å². The second kappa shape index (κ2) is 9.83.